The van der Waals surface area contributed by atoms with Gasteiger partial charge in [0, 0.05) is 11.4 Å². The molecule has 2 rings (SSSR count). The van der Waals surface area contributed by atoms with E-state index >= 15 is 0 Å². The zero-order valence-electron chi connectivity index (χ0n) is 11.0. The van der Waals surface area contributed by atoms with E-state index in [1.165, 1.54) is 35.0 Å². The molecular formula is C14H22BrNS. The van der Waals surface area contributed by atoms with Crippen LogP contribution in [0.5, 0.6) is 0 Å². The Morgan fingerprint density at radius 1 is 1.47 bits per heavy atom. The quantitative estimate of drug-likeness (QED) is 0.872. The lowest BCUT2D eigenvalue weighted by atomic mass is 9.69. The van der Waals surface area contributed by atoms with E-state index in [1.54, 1.807) is 10.4 Å². The molecule has 1 atom stereocenters. The smallest absolute Gasteiger partial charge is 0.0749 e. The molecule has 1 aromatic heterocycles. The standard InChI is InChI=1S/C14H22BrNS/c1-4-14(2,3)9-5-6-10-11(8-16)13(15)17-12(10)7-9/h9H,4-8,16H2,1-3H3. The Morgan fingerprint density at radius 2 is 2.18 bits per heavy atom. The second kappa shape index (κ2) is 5.02. The van der Waals surface area contributed by atoms with Crippen molar-refractivity contribution >= 4 is 27.3 Å². The molecule has 1 nitrogen and oxygen atoms in total. The van der Waals surface area contributed by atoms with Crippen LogP contribution >= 0.6 is 27.3 Å². The van der Waals surface area contributed by atoms with Crippen molar-refractivity contribution in [3.8, 4) is 0 Å². The normalized spacial score (nSPS) is 20.4. The Kier molecular flexibility index (Phi) is 4.01. The first-order valence-corrected chi connectivity index (χ1v) is 8.09. The molecule has 1 aromatic rings. The predicted octanol–water partition coefficient (Wildman–Crippen LogP) is 4.51. The van der Waals surface area contributed by atoms with Gasteiger partial charge in [0.1, 0.15) is 0 Å². The van der Waals surface area contributed by atoms with Gasteiger partial charge in [-0.15, -0.1) is 11.3 Å². The highest BCUT2D eigenvalue weighted by atomic mass is 79.9. The maximum Gasteiger partial charge on any atom is 0.0749 e. The van der Waals surface area contributed by atoms with Gasteiger partial charge in [-0.25, -0.2) is 0 Å². The average molecular weight is 316 g/mol. The number of halogens is 1. The molecule has 0 amide bonds. The van der Waals surface area contributed by atoms with Crippen molar-refractivity contribution in [3.05, 3.63) is 19.8 Å². The summed E-state index contributed by atoms with van der Waals surface area (Å²) in [6.07, 6.45) is 5.06. The van der Waals surface area contributed by atoms with E-state index in [4.69, 9.17) is 5.73 Å². The molecule has 3 heteroatoms. The molecule has 1 aliphatic carbocycles. The fourth-order valence-electron chi connectivity index (χ4n) is 2.78. The molecule has 0 spiro atoms. The summed E-state index contributed by atoms with van der Waals surface area (Å²) < 4.78 is 1.26. The first kappa shape index (κ1) is 13.6. The molecule has 0 saturated heterocycles. The number of nitrogens with two attached hydrogens (primary N) is 1. The first-order valence-electron chi connectivity index (χ1n) is 6.48. The number of fused-ring (bicyclic) bond motifs is 1. The van der Waals surface area contributed by atoms with Crippen LogP contribution in [0.4, 0.5) is 0 Å². The summed E-state index contributed by atoms with van der Waals surface area (Å²) in [7, 11) is 0. The van der Waals surface area contributed by atoms with Crippen LogP contribution in [0.15, 0.2) is 3.79 Å². The number of thiophene rings is 1. The minimum atomic E-state index is 0.469. The fourth-order valence-corrected chi connectivity index (χ4v) is 4.94. The van der Waals surface area contributed by atoms with Gasteiger partial charge in [0.15, 0.2) is 0 Å². The second-order valence-electron chi connectivity index (χ2n) is 5.74. The van der Waals surface area contributed by atoms with Gasteiger partial charge < -0.3 is 5.73 Å². The van der Waals surface area contributed by atoms with E-state index in [-0.39, 0.29) is 0 Å². The predicted molar refractivity (Wildman–Crippen MR) is 79.5 cm³/mol. The second-order valence-corrected chi connectivity index (χ2v) is 8.17. The Bertz CT molecular complexity index is 409. The fraction of sp³-hybridized carbons (Fsp3) is 0.714. The minimum absolute atomic E-state index is 0.469. The third-order valence-electron chi connectivity index (χ3n) is 4.55. The number of rotatable bonds is 3. The molecule has 1 aliphatic rings. The maximum atomic E-state index is 5.84. The van der Waals surface area contributed by atoms with Gasteiger partial charge in [0.05, 0.1) is 3.79 Å². The summed E-state index contributed by atoms with van der Waals surface area (Å²) in [4.78, 5) is 1.58. The molecular weight excluding hydrogens is 294 g/mol. The topological polar surface area (TPSA) is 26.0 Å². The zero-order valence-corrected chi connectivity index (χ0v) is 13.4. The average Bonchev–Trinajstić information content (AvgIpc) is 2.63. The van der Waals surface area contributed by atoms with Gasteiger partial charge in [0.25, 0.3) is 0 Å². The largest absolute Gasteiger partial charge is 0.326 e. The zero-order chi connectivity index (χ0) is 12.6. The maximum absolute atomic E-state index is 5.84. The van der Waals surface area contributed by atoms with Crippen LogP contribution in [0.1, 0.15) is 49.6 Å². The van der Waals surface area contributed by atoms with Crippen LogP contribution in [0.3, 0.4) is 0 Å². The van der Waals surface area contributed by atoms with Crippen molar-refractivity contribution in [1.82, 2.24) is 0 Å². The van der Waals surface area contributed by atoms with Crippen molar-refractivity contribution in [1.29, 1.82) is 0 Å². The summed E-state index contributed by atoms with van der Waals surface area (Å²) in [5, 5.41) is 0. The lowest BCUT2D eigenvalue weighted by Crippen LogP contribution is -2.28. The third-order valence-corrected chi connectivity index (χ3v) is 6.60. The minimum Gasteiger partial charge on any atom is -0.326 e. The number of hydrogen-bond donors (Lipinski definition) is 1. The Hall–Kier alpha value is 0.140. The highest BCUT2D eigenvalue weighted by Crippen LogP contribution is 2.44. The molecule has 0 bridgehead atoms. The van der Waals surface area contributed by atoms with Crippen LogP contribution in [0.2, 0.25) is 0 Å². The van der Waals surface area contributed by atoms with E-state index in [1.807, 2.05) is 11.3 Å². The van der Waals surface area contributed by atoms with Crippen LogP contribution in [-0.4, -0.2) is 0 Å². The lowest BCUT2D eigenvalue weighted by molar-refractivity contribution is 0.184. The molecule has 0 fully saturated rings. The molecule has 0 aliphatic heterocycles. The SMILES string of the molecule is CCC(C)(C)C1CCc2c(sc(Br)c2CN)C1. The summed E-state index contributed by atoms with van der Waals surface area (Å²) in [5.41, 5.74) is 9.22. The number of hydrogen-bond acceptors (Lipinski definition) is 2. The van der Waals surface area contributed by atoms with Gasteiger partial charge in [0.2, 0.25) is 0 Å². The van der Waals surface area contributed by atoms with Gasteiger partial charge in [-0.3, -0.25) is 0 Å². The Morgan fingerprint density at radius 3 is 2.76 bits per heavy atom. The summed E-state index contributed by atoms with van der Waals surface area (Å²) >= 11 is 5.57. The van der Waals surface area contributed by atoms with E-state index < -0.39 is 0 Å². The lowest BCUT2D eigenvalue weighted by Gasteiger charge is -2.36. The van der Waals surface area contributed by atoms with Crippen molar-refractivity contribution in [3.63, 3.8) is 0 Å². The van der Waals surface area contributed by atoms with Crippen LogP contribution in [0.25, 0.3) is 0 Å². The summed E-state index contributed by atoms with van der Waals surface area (Å²) in [6.45, 7) is 7.81. The third kappa shape index (κ3) is 2.47. The van der Waals surface area contributed by atoms with Crippen LogP contribution in [0, 0.1) is 11.3 Å². The van der Waals surface area contributed by atoms with Gasteiger partial charge in [-0.1, -0.05) is 27.2 Å². The summed E-state index contributed by atoms with van der Waals surface area (Å²) in [5.74, 6) is 0.830. The molecule has 0 radical (unpaired) electrons. The van der Waals surface area contributed by atoms with E-state index in [0.29, 0.717) is 12.0 Å². The van der Waals surface area contributed by atoms with Crippen molar-refractivity contribution < 1.29 is 0 Å². The molecule has 0 aromatic carbocycles. The van der Waals surface area contributed by atoms with Gasteiger partial charge in [-0.2, -0.15) is 0 Å². The molecule has 1 unspecified atom stereocenters. The van der Waals surface area contributed by atoms with Crippen molar-refractivity contribution in [2.24, 2.45) is 17.1 Å². The highest BCUT2D eigenvalue weighted by Gasteiger charge is 2.33. The highest BCUT2D eigenvalue weighted by molar-refractivity contribution is 9.11. The van der Waals surface area contributed by atoms with Crippen LogP contribution < -0.4 is 5.73 Å². The van der Waals surface area contributed by atoms with Crippen molar-refractivity contribution in [2.75, 3.05) is 0 Å². The molecule has 17 heavy (non-hydrogen) atoms. The Labute approximate surface area is 117 Å². The molecule has 1 heterocycles. The van der Waals surface area contributed by atoms with E-state index in [0.717, 1.165) is 5.92 Å². The van der Waals surface area contributed by atoms with Gasteiger partial charge in [-0.05, 0) is 57.7 Å². The van der Waals surface area contributed by atoms with E-state index in [2.05, 4.69) is 36.7 Å². The van der Waals surface area contributed by atoms with Crippen LogP contribution in [-0.2, 0) is 19.4 Å². The first-order chi connectivity index (χ1) is 7.99. The molecule has 96 valence electrons. The molecule has 2 N–H and O–H groups in total. The van der Waals surface area contributed by atoms with Crippen molar-refractivity contribution in [2.45, 2.75) is 53.0 Å². The monoisotopic (exact) mass is 315 g/mol. The van der Waals surface area contributed by atoms with E-state index in [9.17, 15) is 0 Å². The Balaban J connectivity index is 2.26. The van der Waals surface area contributed by atoms with Gasteiger partial charge >= 0.3 is 0 Å². The summed E-state index contributed by atoms with van der Waals surface area (Å²) in [6, 6.07) is 0. The molecule has 0 saturated carbocycles.